The van der Waals surface area contributed by atoms with E-state index >= 15 is 0 Å². The van der Waals surface area contributed by atoms with Crippen molar-refractivity contribution in [1.82, 2.24) is 0 Å². The lowest BCUT2D eigenvalue weighted by atomic mass is 9.97. The van der Waals surface area contributed by atoms with Gasteiger partial charge in [-0.1, -0.05) is 19.9 Å². The summed E-state index contributed by atoms with van der Waals surface area (Å²) in [6, 6.07) is 3.49. The van der Waals surface area contributed by atoms with E-state index in [2.05, 4.69) is 0 Å². The quantitative estimate of drug-likeness (QED) is 0.760. The molecule has 0 aliphatic heterocycles. The summed E-state index contributed by atoms with van der Waals surface area (Å²) in [5, 5.41) is 0. The van der Waals surface area contributed by atoms with Crippen molar-refractivity contribution in [1.29, 1.82) is 0 Å². The third-order valence-electron chi connectivity index (χ3n) is 2.83. The first-order chi connectivity index (χ1) is 7.41. The van der Waals surface area contributed by atoms with Gasteiger partial charge in [-0.15, -0.1) is 0 Å². The highest BCUT2D eigenvalue weighted by atomic mass is 19.1. The number of hydrogen-bond donors (Lipinski definition) is 0. The monoisotopic (exact) mass is 222 g/mol. The number of hydrogen-bond acceptors (Lipinski definition) is 1. The minimum absolute atomic E-state index is 0.0359. The van der Waals surface area contributed by atoms with E-state index < -0.39 is 0 Å². The van der Waals surface area contributed by atoms with Crippen LogP contribution < -0.4 is 0 Å². The Hall–Kier alpha value is -1.18. The zero-order valence-electron chi connectivity index (χ0n) is 10.4. The average Bonchev–Trinajstić information content (AvgIpc) is 2.15. The molecule has 0 heterocycles. The standard InChI is InChI=1S/C14H19FO/c1-9(2)14(16)6-5-12-11(4)7-10(3)8-13(12)15/h7-9H,5-6H2,1-4H3. The van der Waals surface area contributed by atoms with Crippen molar-refractivity contribution in [2.24, 2.45) is 5.92 Å². The average molecular weight is 222 g/mol. The van der Waals surface area contributed by atoms with Gasteiger partial charge in [-0.25, -0.2) is 4.39 Å². The number of halogens is 1. The molecule has 0 amide bonds. The van der Waals surface area contributed by atoms with Gasteiger partial charge in [0.05, 0.1) is 0 Å². The van der Waals surface area contributed by atoms with Crippen LogP contribution in [0.2, 0.25) is 0 Å². The SMILES string of the molecule is Cc1cc(C)c(CCC(=O)C(C)C)c(F)c1. The van der Waals surface area contributed by atoms with Crippen LogP contribution >= 0.6 is 0 Å². The fraction of sp³-hybridized carbons (Fsp3) is 0.500. The Morgan fingerprint density at radius 1 is 1.31 bits per heavy atom. The number of benzene rings is 1. The van der Waals surface area contributed by atoms with Gasteiger partial charge in [-0.3, -0.25) is 4.79 Å². The molecule has 0 saturated heterocycles. The third kappa shape index (κ3) is 3.16. The van der Waals surface area contributed by atoms with Gasteiger partial charge in [0.25, 0.3) is 0 Å². The van der Waals surface area contributed by atoms with Crippen LogP contribution in [0.15, 0.2) is 12.1 Å². The van der Waals surface area contributed by atoms with Crippen molar-refractivity contribution in [3.63, 3.8) is 0 Å². The molecule has 0 aliphatic rings. The van der Waals surface area contributed by atoms with Crippen LogP contribution in [-0.4, -0.2) is 5.78 Å². The number of carbonyl (C=O) groups is 1. The highest BCUT2D eigenvalue weighted by molar-refractivity contribution is 5.80. The summed E-state index contributed by atoms with van der Waals surface area (Å²) in [6.07, 6.45) is 0.938. The Morgan fingerprint density at radius 2 is 1.94 bits per heavy atom. The number of aryl methyl sites for hydroxylation is 2. The molecule has 0 radical (unpaired) electrons. The minimum atomic E-state index is -0.186. The maximum atomic E-state index is 13.7. The lowest BCUT2D eigenvalue weighted by Gasteiger charge is -2.09. The second kappa shape index (κ2) is 5.24. The molecule has 1 nitrogen and oxygen atoms in total. The molecule has 0 bridgehead atoms. The topological polar surface area (TPSA) is 17.1 Å². The molecule has 0 saturated carbocycles. The summed E-state index contributed by atoms with van der Waals surface area (Å²) < 4.78 is 13.7. The van der Waals surface area contributed by atoms with Gasteiger partial charge in [0.1, 0.15) is 11.6 Å². The van der Waals surface area contributed by atoms with Crippen molar-refractivity contribution >= 4 is 5.78 Å². The molecule has 0 spiro atoms. The molecule has 1 aromatic rings. The highest BCUT2D eigenvalue weighted by Gasteiger charge is 2.11. The first-order valence-corrected chi connectivity index (χ1v) is 5.70. The van der Waals surface area contributed by atoms with E-state index in [0.717, 1.165) is 11.1 Å². The zero-order chi connectivity index (χ0) is 12.3. The van der Waals surface area contributed by atoms with E-state index in [0.29, 0.717) is 18.4 Å². The molecule has 0 aromatic heterocycles. The Balaban J connectivity index is 2.78. The third-order valence-corrected chi connectivity index (χ3v) is 2.83. The van der Waals surface area contributed by atoms with Crippen molar-refractivity contribution in [2.75, 3.05) is 0 Å². The summed E-state index contributed by atoms with van der Waals surface area (Å²) in [6.45, 7) is 7.52. The van der Waals surface area contributed by atoms with Crippen LogP contribution in [0.3, 0.4) is 0 Å². The second-order valence-electron chi connectivity index (χ2n) is 4.66. The Bertz CT molecular complexity index is 371. The molecule has 0 N–H and O–H groups in total. The molecule has 0 atom stereocenters. The van der Waals surface area contributed by atoms with Crippen molar-refractivity contribution in [3.05, 3.63) is 34.6 Å². The maximum Gasteiger partial charge on any atom is 0.135 e. The second-order valence-corrected chi connectivity index (χ2v) is 4.66. The van der Waals surface area contributed by atoms with Crippen LogP contribution in [0.1, 0.15) is 37.0 Å². The molecule has 88 valence electrons. The van der Waals surface area contributed by atoms with Crippen LogP contribution in [0.25, 0.3) is 0 Å². The maximum absolute atomic E-state index is 13.7. The highest BCUT2D eigenvalue weighted by Crippen LogP contribution is 2.18. The van der Waals surface area contributed by atoms with E-state index in [1.165, 1.54) is 6.07 Å². The lowest BCUT2D eigenvalue weighted by molar-refractivity contribution is -0.121. The van der Waals surface area contributed by atoms with Crippen LogP contribution in [0.5, 0.6) is 0 Å². The predicted octanol–water partition coefficient (Wildman–Crippen LogP) is 3.60. The Labute approximate surface area is 96.7 Å². The van der Waals surface area contributed by atoms with Crippen molar-refractivity contribution in [3.8, 4) is 0 Å². The normalized spacial score (nSPS) is 10.9. The molecular formula is C14H19FO. The van der Waals surface area contributed by atoms with Crippen molar-refractivity contribution in [2.45, 2.75) is 40.5 Å². The molecule has 2 heteroatoms. The van der Waals surface area contributed by atoms with Gasteiger partial charge < -0.3 is 0 Å². The minimum Gasteiger partial charge on any atom is -0.299 e. The van der Waals surface area contributed by atoms with E-state index in [4.69, 9.17) is 0 Å². The van der Waals surface area contributed by atoms with Gasteiger partial charge in [0.15, 0.2) is 0 Å². The largest absolute Gasteiger partial charge is 0.299 e. The number of ketones is 1. The molecule has 1 aromatic carbocycles. The summed E-state index contributed by atoms with van der Waals surface area (Å²) >= 11 is 0. The molecule has 0 fully saturated rings. The summed E-state index contributed by atoms with van der Waals surface area (Å²) in [5.74, 6) is 0.0437. The fourth-order valence-electron chi connectivity index (χ4n) is 1.80. The van der Waals surface area contributed by atoms with E-state index in [1.807, 2.05) is 33.8 Å². The van der Waals surface area contributed by atoms with Gasteiger partial charge in [-0.2, -0.15) is 0 Å². The zero-order valence-corrected chi connectivity index (χ0v) is 10.4. The molecule has 0 aliphatic carbocycles. The molecular weight excluding hydrogens is 203 g/mol. The molecule has 1 rings (SSSR count). The molecule has 0 unspecified atom stereocenters. The number of rotatable bonds is 4. The fourth-order valence-corrected chi connectivity index (χ4v) is 1.80. The van der Waals surface area contributed by atoms with Gasteiger partial charge in [-0.05, 0) is 43.0 Å². The van der Waals surface area contributed by atoms with E-state index in [-0.39, 0.29) is 17.5 Å². The summed E-state index contributed by atoms with van der Waals surface area (Å²) in [5.41, 5.74) is 2.54. The predicted molar refractivity (Wildman–Crippen MR) is 64.0 cm³/mol. The van der Waals surface area contributed by atoms with Gasteiger partial charge >= 0.3 is 0 Å². The van der Waals surface area contributed by atoms with Crippen LogP contribution in [0.4, 0.5) is 4.39 Å². The first-order valence-electron chi connectivity index (χ1n) is 5.70. The Morgan fingerprint density at radius 3 is 2.44 bits per heavy atom. The number of carbonyl (C=O) groups excluding carboxylic acids is 1. The van der Waals surface area contributed by atoms with Gasteiger partial charge in [0.2, 0.25) is 0 Å². The Kier molecular flexibility index (Phi) is 4.22. The van der Waals surface area contributed by atoms with E-state index in [9.17, 15) is 9.18 Å². The summed E-state index contributed by atoms with van der Waals surface area (Å²) in [7, 11) is 0. The first kappa shape index (κ1) is 12.9. The lowest BCUT2D eigenvalue weighted by Crippen LogP contribution is -2.09. The summed E-state index contributed by atoms with van der Waals surface area (Å²) in [4.78, 5) is 11.5. The van der Waals surface area contributed by atoms with Crippen LogP contribution in [0, 0.1) is 25.6 Å². The number of Topliss-reactive ketones (excluding diaryl/α,β-unsaturated/α-hetero) is 1. The van der Waals surface area contributed by atoms with E-state index in [1.54, 1.807) is 0 Å². The van der Waals surface area contributed by atoms with Gasteiger partial charge in [0, 0.05) is 12.3 Å². The smallest absolute Gasteiger partial charge is 0.135 e. The van der Waals surface area contributed by atoms with Crippen LogP contribution in [-0.2, 0) is 11.2 Å². The van der Waals surface area contributed by atoms with Crippen molar-refractivity contribution < 1.29 is 9.18 Å². The molecule has 16 heavy (non-hydrogen) atoms.